The highest BCUT2D eigenvalue weighted by Crippen LogP contribution is 2.13. The fraction of sp³-hybridized carbons (Fsp3) is 0.188. The Morgan fingerprint density at radius 1 is 1.26 bits per heavy atom. The molecule has 0 atom stereocenters. The van der Waals surface area contributed by atoms with Crippen molar-refractivity contribution in [3.8, 4) is 0 Å². The van der Waals surface area contributed by atoms with Gasteiger partial charge < -0.3 is 15.0 Å². The minimum absolute atomic E-state index is 0.0735. The molecule has 0 unspecified atom stereocenters. The number of rotatable bonds is 5. The molecule has 0 bridgehead atoms. The summed E-state index contributed by atoms with van der Waals surface area (Å²) in [5.41, 5.74) is 1.15. The van der Waals surface area contributed by atoms with Crippen LogP contribution in [0.1, 0.15) is 33.3 Å². The number of amides is 1. The molecule has 0 aliphatic heterocycles. The third-order valence-electron chi connectivity index (χ3n) is 3.10. The molecule has 0 radical (unpaired) electrons. The van der Waals surface area contributed by atoms with E-state index in [2.05, 4.69) is 10.3 Å². The summed E-state index contributed by atoms with van der Waals surface area (Å²) in [4.78, 5) is 37.1. The van der Waals surface area contributed by atoms with E-state index < -0.39 is 24.3 Å². The third-order valence-corrected chi connectivity index (χ3v) is 3.10. The Hall–Kier alpha value is -2.96. The van der Waals surface area contributed by atoms with Crippen LogP contribution in [-0.4, -0.2) is 29.3 Å². The van der Waals surface area contributed by atoms with Gasteiger partial charge in [0, 0.05) is 17.4 Å². The number of hydrogen-bond donors (Lipinski definition) is 2. The second-order valence-electron chi connectivity index (χ2n) is 4.95. The normalized spacial score (nSPS) is 10.2. The Balaban J connectivity index is 1.89. The summed E-state index contributed by atoms with van der Waals surface area (Å²) in [6, 6.07) is 5.60. The predicted molar refractivity (Wildman–Crippen MR) is 80.8 cm³/mol. The fourth-order valence-electron chi connectivity index (χ4n) is 1.79. The Labute approximate surface area is 131 Å². The standard InChI is InChI=1S/C16H15FN2O4/c1-9-3-4-12(6-13(9)17)19-15(21)8-23-16(22)14-5-11(7-18-14)10(2)20/h3-7,18H,8H2,1-2H3,(H,19,21). The number of hydrogen-bond acceptors (Lipinski definition) is 4. The highest BCUT2D eigenvalue weighted by Gasteiger charge is 2.14. The number of nitrogens with one attached hydrogen (secondary N) is 2. The number of aromatic nitrogens is 1. The van der Waals surface area contributed by atoms with E-state index >= 15 is 0 Å². The SMILES string of the molecule is CC(=O)c1c[nH]c(C(=O)OCC(=O)Nc2ccc(C)c(F)c2)c1. The van der Waals surface area contributed by atoms with Crippen molar-refractivity contribution in [3.63, 3.8) is 0 Å². The molecule has 1 heterocycles. The molecular formula is C16H15FN2O4. The van der Waals surface area contributed by atoms with Crippen LogP contribution in [0.2, 0.25) is 0 Å². The summed E-state index contributed by atoms with van der Waals surface area (Å²) in [5, 5.41) is 2.42. The van der Waals surface area contributed by atoms with Crippen molar-refractivity contribution in [2.24, 2.45) is 0 Å². The molecule has 6 nitrogen and oxygen atoms in total. The molecule has 1 amide bonds. The van der Waals surface area contributed by atoms with E-state index in [9.17, 15) is 18.8 Å². The van der Waals surface area contributed by atoms with E-state index in [1.54, 1.807) is 13.0 Å². The molecule has 2 N–H and O–H groups in total. The zero-order valence-electron chi connectivity index (χ0n) is 12.6. The molecule has 1 aromatic heterocycles. The van der Waals surface area contributed by atoms with Crippen LogP contribution < -0.4 is 5.32 Å². The number of H-pyrrole nitrogens is 1. The number of aromatic amines is 1. The van der Waals surface area contributed by atoms with Crippen LogP contribution in [0, 0.1) is 12.7 Å². The number of ether oxygens (including phenoxy) is 1. The van der Waals surface area contributed by atoms with Gasteiger partial charge in [-0.15, -0.1) is 0 Å². The third kappa shape index (κ3) is 4.26. The van der Waals surface area contributed by atoms with Crippen LogP contribution in [0.15, 0.2) is 30.5 Å². The summed E-state index contributed by atoms with van der Waals surface area (Å²) < 4.78 is 18.2. The number of esters is 1. The summed E-state index contributed by atoms with van der Waals surface area (Å²) >= 11 is 0. The van der Waals surface area contributed by atoms with Crippen molar-refractivity contribution >= 4 is 23.3 Å². The molecule has 2 rings (SSSR count). The van der Waals surface area contributed by atoms with E-state index in [1.807, 2.05) is 0 Å². The van der Waals surface area contributed by atoms with Crippen LogP contribution >= 0.6 is 0 Å². The van der Waals surface area contributed by atoms with Crippen molar-refractivity contribution in [1.29, 1.82) is 0 Å². The molecule has 7 heteroatoms. The van der Waals surface area contributed by atoms with Gasteiger partial charge in [-0.1, -0.05) is 6.07 Å². The Kier molecular flexibility index (Phi) is 4.90. The van der Waals surface area contributed by atoms with Crippen LogP contribution in [0.3, 0.4) is 0 Å². The zero-order chi connectivity index (χ0) is 17.0. The average Bonchev–Trinajstić information content (AvgIpc) is 2.99. The highest BCUT2D eigenvalue weighted by molar-refractivity contribution is 5.98. The number of carbonyl (C=O) groups excluding carboxylic acids is 3. The lowest BCUT2D eigenvalue weighted by Gasteiger charge is -2.07. The van der Waals surface area contributed by atoms with E-state index in [0.717, 1.165) is 0 Å². The highest BCUT2D eigenvalue weighted by atomic mass is 19.1. The lowest BCUT2D eigenvalue weighted by molar-refractivity contribution is -0.119. The second kappa shape index (κ2) is 6.87. The van der Waals surface area contributed by atoms with E-state index in [1.165, 1.54) is 31.3 Å². The van der Waals surface area contributed by atoms with E-state index in [0.29, 0.717) is 11.1 Å². The van der Waals surface area contributed by atoms with Crippen LogP contribution in [0.25, 0.3) is 0 Å². The van der Waals surface area contributed by atoms with Gasteiger partial charge >= 0.3 is 5.97 Å². The lowest BCUT2D eigenvalue weighted by Crippen LogP contribution is -2.21. The maximum absolute atomic E-state index is 13.4. The van der Waals surface area contributed by atoms with Gasteiger partial charge in [0.05, 0.1) is 0 Å². The number of Topliss-reactive ketones (excluding diaryl/α,β-unsaturated/α-hetero) is 1. The lowest BCUT2D eigenvalue weighted by atomic mass is 10.2. The molecule has 1 aromatic carbocycles. The number of benzene rings is 1. The maximum atomic E-state index is 13.4. The van der Waals surface area contributed by atoms with Gasteiger partial charge in [0.25, 0.3) is 5.91 Å². The van der Waals surface area contributed by atoms with Crippen molar-refractivity contribution in [1.82, 2.24) is 4.98 Å². The van der Waals surface area contributed by atoms with Gasteiger partial charge in [-0.3, -0.25) is 9.59 Å². The summed E-state index contributed by atoms with van der Waals surface area (Å²) in [6.07, 6.45) is 1.38. The number of halogens is 1. The first-order valence-electron chi connectivity index (χ1n) is 6.79. The van der Waals surface area contributed by atoms with Crippen LogP contribution in [-0.2, 0) is 9.53 Å². The monoisotopic (exact) mass is 318 g/mol. The molecule has 0 saturated heterocycles. The second-order valence-corrected chi connectivity index (χ2v) is 4.95. The molecule has 0 fully saturated rings. The Bertz CT molecular complexity index is 767. The zero-order valence-corrected chi connectivity index (χ0v) is 12.6. The van der Waals surface area contributed by atoms with Gasteiger partial charge in [-0.2, -0.15) is 0 Å². The van der Waals surface area contributed by atoms with Crippen molar-refractivity contribution in [3.05, 3.63) is 53.1 Å². The van der Waals surface area contributed by atoms with E-state index in [-0.39, 0.29) is 17.2 Å². The van der Waals surface area contributed by atoms with Crippen molar-refractivity contribution in [2.75, 3.05) is 11.9 Å². The molecule has 0 aliphatic rings. The molecule has 0 aliphatic carbocycles. The largest absolute Gasteiger partial charge is 0.451 e. The Morgan fingerprint density at radius 2 is 2.00 bits per heavy atom. The number of aryl methyl sites for hydroxylation is 1. The first-order chi connectivity index (χ1) is 10.9. The molecule has 23 heavy (non-hydrogen) atoms. The van der Waals surface area contributed by atoms with Gasteiger partial charge in [0.1, 0.15) is 11.5 Å². The molecule has 0 spiro atoms. The quantitative estimate of drug-likeness (QED) is 0.655. The first-order valence-corrected chi connectivity index (χ1v) is 6.79. The number of ketones is 1. The van der Waals surface area contributed by atoms with Crippen molar-refractivity contribution < 1.29 is 23.5 Å². The smallest absolute Gasteiger partial charge is 0.355 e. The summed E-state index contributed by atoms with van der Waals surface area (Å²) in [6.45, 7) is 2.45. The van der Waals surface area contributed by atoms with Crippen molar-refractivity contribution in [2.45, 2.75) is 13.8 Å². The molecule has 0 saturated carbocycles. The number of anilines is 1. The Morgan fingerprint density at radius 3 is 2.61 bits per heavy atom. The van der Waals surface area contributed by atoms with Crippen LogP contribution in [0.4, 0.5) is 10.1 Å². The topological polar surface area (TPSA) is 88.3 Å². The van der Waals surface area contributed by atoms with Gasteiger partial charge in [0.15, 0.2) is 12.4 Å². The number of carbonyl (C=O) groups is 3. The molecule has 2 aromatic rings. The minimum atomic E-state index is -0.761. The first kappa shape index (κ1) is 16.4. The summed E-state index contributed by atoms with van der Waals surface area (Å²) in [5.74, 6) is -2.00. The predicted octanol–water partition coefficient (Wildman–Crippen LogP) is 2.46. The fourth-order valence-corrected chi connectivity index (χ4v) is 1.79. The summed E-state index contributed by atoms with van der Waals surface area (Å²) in [7, 11) is 0. The van der Waals surface area contributed by atoms with Crippen LogP contribution in [0.5, 0.6) is 0 Å². The van der Waals surface area contributed by atoms with Gasteiger partial charge in [-0.25, -0.2) is 9.18 Å². The van der Waals surface area contributed by atoms with Gasteiger partial charge in [-0.05, 0) is 37.6 Å². The average molecular weight is 318 g/mol. The minimum Gasteiger partial charge on any atom is -0.451 e. The molecule has 120 valence electrons. The molecular weight excluding hydrogens is 303 g/mol. The maximum Gasteiger partial charge on any atom is 0.355 e. The van der Waals surface area contributed by atoms with E-state index in [4.69, 9.17) is 4.74 Å². The van der Waals surface area contributed by atoms with Gasteiger partial charge in [0.2, 0.25) is 0 Å².